The Hall–Kier alpha value is -9.22. The summed E-state index contributed by atoms with van der Waals surface area (Å²) < 4.78 is 4.74. The molecule has 0 aliphatic heterocycles. The number of hydrogen-bond donors (Lipinski definition) is 0. The summed E-state index contributed by atoms with van der Waals surface area (Å²) >= 11 is 0. The summed E-state index contributed by atoms with van der Waals surface area (Å²) in [5, 5.41) is 26.3. The van der Waals surface area contributed by atoms with Gasteiger partial charge in [0.05, 0.1) is 56.7 Å². The van der Waals surface area contributed by atoms with E-state index in [1.54, 1.807) is 0 Å². The van der Waals surface area contributed by atoms with Gasteiger partial charge in [-0.25, -0.2) is 0 Å². The summed E-state index contributed by atoms with van der Waals surface area (Å²) in [4.78, 5) is 0. The number of nitrogens with zero attached hydrogens (tertiary/aromatic N) is 4. The molecule has 0 aliphatic carbocycles. The molecule has 2 aromatic heterocycles. The van der Waals surface area contributed by atoms with E-state index in [4.69, 9.17) is 0 Å². The second-order valence-electron chi connectivity index (χ2n) is 19.3. The van der Waals surface area contributed by atoms with Crippen molar-refractivity contribution in [2.45, 2.75) is 34.6 Å². The minimum absolute atomic E-state index is 0.519. The molecule has 4 heteroatoms. The molecule has 4 nitrogen and oxygen atoms in total. The van der Waals surface area contributed by atoms with Crippen LogP contribution >= 0.6 is 0 Å². The lowest BCUT2D eigenvalue weighted by atomic mass is 9.95. The lowest BCUT2D eigenvalue weighted by Gasteiger charge is -2.22. The first-order valence-corrected chi connectivity index (χ1v) is 24.2. The summed E-state index contributed by atoms with van der Waals surface area (Å²) in [6, 6.07) is 77.2. The average molecular weight is 909 g/mol. The van der Waals surface area contributed by atoms with E-state index in [1.807, 2.05) is 24.3 Å². The van der Waals surface area contributed by atoms with E-state index in [0.717, 1.165) is 116 Å². The zero-order valence-electron chi connectivity index (χ0n) is 40.3. The first-order valence-electron chi connectivity index (χ1n) is 24.2. The highest BCUT2D eigenvalue weighted by Crippen LogP contribution is 2.45. The van der Waals surface area contributed by atoms with Crippen molar-refractivity contribution in [3.05, 3.63) is 239 Å². The van der Waals surface area contributed by atoms with Gasteiger partial charge in [-0.05, 0) is 139 Å². The third-order valence-corrected chi connectivity index (χ3v) is 14.3. The molecule has 0 saturated carbocycles. The minimum atomic E-state index is 0.519. The number of benzene rings is 10. The molecule has 0 saturated heterocycles. The SMILES string of the molecule is Cc1ccc(-c2ccc3c4ccc(-c5ccc(C)cc5)cc4n(-c4cc(C#N)cc(-n5c6cc(-c7ccc(C)cc7)ccc6c6ccc(-c7ccc(C)cc7)cc65)c4-c4cc(C)cc(C#N)c4)c3c2)cc1. The number of hydrogen-bond acceptors (Lipinski definition) is 2. The Balaban J connectivity index is 1.25. The third kappa shape index (κ3) is 7.55. The quantitative estimate of drug-likeness (QED) is 0.160. The lowest BCUT2D eigenvalue weighted by molar-refractivity contribution is 1.13. The molecular weight excluding hydrogens is 861 g/mol. The molecule has 0 N–H and O–H groups in total. The van der Waals surface area contributed by atoms with E-state index in [0.29, 0.717) is 11.1 Å². The van der Waals surface area contributed by atoms with E-state index in [1.165, 1.54) is 22.3 Å². The molecule has 0 bridgehead atoms. The first kappa shape index (κ1) is 43.1. The Morgan fingerprint density at radius 2 is 0.549 bits per heavy atom. The first-order chi connectivity index (χ1) is 34.6. The summed E-state index contributed by atoms with van der Waals surface area (Å²) in [5.74, 6) is 0. The van der Waals surface area contributed by atoms with Crippen molar-refractivity contribution in [2.24, 2.45) is 0 Å². The van der Waals surface area contributed by atoms with Gasteiger partial charge >= 0.3 is 0 Å². The minimum Gasteiger partial charge on any atom is -0.308 e. The highest BCUT2D eigenvalue weighted by molar-refractivity contribution is 6.14. The summed E-state index contributed by atoms with van der Waals surface area (Å²) in [7, 11) is 0. The van der Waals surface area contributed by atoms with Crippen molar-refractivity contribution in [3.63, 3.8) is 0 Å². The Bertz CT molecular complexity index is 3750. The molecule has 0 aliphatic rings. The predicted octanol–water partition coefficient (Wildman–Crippen LogP) is 17.5. The van der Waals surface area contributed by atoms with Gasteiger partial charge in [0.1, 0.15) is 0 Å². The molecular formula is C67H48N4. The Morgan fingerprint density at radius 1 is 0.268 bits per heavy atom. The number of rotatable bonds is 7. The van der Waals surface area contributed by atoms with Crippen LogP contribution in [0.25, 0.3) is 111 Å². The van der Waals surface area contributed by atoms with Gasteiger partial charge in [0.25, 0.3) is 0 Å². The van der Waals surface area contributed by atoms with Crippen LogP contribution in [0.1, 0.15) is 38.9 Å². The van der Waals surface area contributed by atoms with E-state index in [9.17, 15) is 10.5 Å². The molecule has 12 rings (SSSR count). The predicted molar refractivity (Wildman–Crippen MR) is 295 cm³/mol. The van der Waals surface area contributed by atoms with Crippen LogP contribution in [-0.2, 0) is 0 Å². The number of fused-ring (bicyclic) bond motifs is 6. The van der Waals surface area contributed by atoms with Gasteiger partial charge in [-0.15, -0.1) is 0 Å². The zero-order chi connectivity index (χ0) is 48.5. The van der Waals surface area contributed by atoms with Gasteiger partial charge in [-0.1, -0.05) is 174 Å². The van der Waals surface area contributed by atoms with Gasteiger partial charge in [0.15, 0.2) is 0 Å². The topological polar surface area (TPSA) is 57.4 Å². The molecule has 0 amide bonds. The molecule has 336 valence electrons. The highest BCUT2D eigenvalue weighted by atomic mass is 15.0. The van der Waals surface area contributed by atoms with Crippen molar-refractivity contribution in [3.8, 4) is 79.1 Å². The van der Waals surface area contributed by atoms with Gasteiger partial charge in [0, 0.05) is 27.1 Å². The smallest absolute Gasteiger partial charge is 0.0993 e. The molecule has 0 fully saturated rings. The fourth-order valence-corrected chi connectivity index (χ4v) is 10.6. The number of nitriles is 2. The molecule has 2 heterocycles. The van der Waals surface area contributed by atoms with E-state index in [-0.39, 0.29) is 0 Å². The Labute approximate surface area is 414 Å². The molecule has 10 aromatic carbocycles. The molecule has 0 radical (unpaired) electrons. The van der Waals surface area contributed by atoms with Crippen molar-refractivity contribution >= 4 is 43.6 Å². The maximum Gasteiger partial charge on any atom is 0.0993 e. The van der Waals surface area contributed by atoms with Crippen molar-refractivity contribution in [1.29, 1.82) is 10.5 Å². The molecule has 12 aromatic rings. The largest absolute Gasteiger partial charge is 0.308 e. The summed E-state index contributed by atoms with van der Waals surface area (Å²) in [6.07, 6.45) is 0. The molecule has 0 unspecified atom stereocenters. The van der Waals surface area contributed by atoms with Gasteiger partial charge in [-0.2, -0.15) is 10.5 Å². The number of aromatic nitrogens is 2. The summed E-state index contributed by atoms with van der Waals surface area (Å²) in [6.45, 7) is 10.5. The molecule has 0 spiro atoms. The average Bonchev–Trinajstić information content (AvgIpc) is 3.90. The van der Waals surface area contributed by atoms with Crippen LogP contribution in [0, 0.1) is 57.3 Å². The fourth-order valence-electron chi connectivity index (χ4n) is 10.6. The van der Waals surface area contributed by atoms with Crippen LogP contribution in [0.3, 0.4) is 0 Å². The highest BCUT2D eigenvalue weighted by Gasteiger charge is 2.25. The van der Waals surface area contributed by atoms with Crippen LogP contribution in [-0.4, -0.2) is 9.13 Å². The Morgan fingerprint density at radius 3 is 0.845 bits per heavy atom. The van der Waals surface area contributed by atoms with E-state index in [2.05, 4.69) is 232 Å². The maximum atomic E-state index is 11.3. The van der Waals surface area contributed by atoms with Crippen LogP contribution in [0.2, 0.25) is 0 Å². The zero-order valence-corrected chi connectivity index (χ0v) is 40.3. The third-order valence-electron chi connectivity index (χ3n) is 14.3. The molecule has 71 heavy (non-hydrogen) atoms. The van der Waals surface area contributed by atoms with E-state index < -0.39 is 0 Å². The van der Waals surface area contributed by atoms with Crippen LogP contribution in [0.5, 0.6) is 0 Å². The second-order valence-corrected chi connectivity index (χ2v) is 19.3. The number of aryl methyl sites for hydroxylation is 5. The Kier molecular flexibility index (Phi) is 10.4. The van der Waals surface area contributed by atoms with Gasteiger partial charge in [-0.3, -0.25) is 0 Å². The normalized spacial score (nSPS) is 11.4. The standard InChI is InChI=1S/C67H48N4/c1-41-6-14-48(15-7-41)52-22-26-57-58-27-23-53(49-16-8-42(2)9-17-49)36-62(58)70(61(57)35-52)65-33-47(40-69)34-66(67(65)56-31-45(5)30-46(32-56)39-68)71-63-37-54(50-18-10-43(3)11-19-50)24-28-59(63)60-29-25-55(38-64(60)71)51-20-12-44(4)13-21-51/h6-38H,1-5H3. The maximum absolute atomic E-state index is 11.3. The van der Waals surface area contributed by atoms with Crippen molar-refractivity contribution in [2.75, 3.05) is 0 Å². The lowest BCUT2D eigenvalue weighted by Crippen LogP contribution is -2.05. The van der Waals surface area contributed by atoms with Crippen LogP contribution in [0.4, 0.5) is 0 Å². The monoisotopic (exact) mass is 908 g/mol. The van der Waals surface area contributed by atoms with E-state index >= 15 is 0 Å². The van der Waals surface area contributed by atoms with Crippen molar-refractivity contribution < 1.29 is 0 Å². The van der Waals surface area contributed by atoms with Gasteiger partial charge in [0.2, 0.25) is 0 Å². The summed E-state index contributed by atoms with van der Waals surface area (Å²) in [5.41, 5.74) is 23.3. The molecule has 0 atom stereocenters. The second kappa shape index (κ2) is 17.1. The van der Waals surface area contributed by atoms with Crippen LogP contribution in [0.15, 0.2) is 200 Å². The van der Waals surface area contributed by atoms with Crippen molar-refractivity contribution in [1.82, 2.24) is 9.13 Å². The van der Waals surface area contributed by atoms with Gasteiger partial charge < -0.3 is 9.13 Å². The fraction of sp³-hybridized carbons (Fsp3) is 0.0746. The van der Waals surface area contributed by atoms with Crippen LogP contribution < -0.4 is 0 Å².